The van der Waals surface area contributed by atoms with E-state index in [4.69, 9.17) is 0 Å². The number of aromatic amines is 1. The zero-order chi connectivity index (χ0) is 10.7. The van der Waals surface area contributed by atoms with Crippen LogP contribution >= 0.6 is 0 Å². The molecule has 0 aliphatic rings. The topological polar surface area (TPSA) is 62.0 Å². The van der Waals surface area contributed by atoms with Crippen LogP contribution in [0.2, 0.25) is 0 Å². The molecule has 0 saturated heterocycles. The lowest BCUT2D eigenvalue weighted by molar-refractivity contribution is 0.602. The van der Waals surface area contributed by atoms with E-state index in [-0.39, 0.29) is 0 Å². The maximum atomic E-state index is 10.3. The second-order valence-electron chi connectivity index (χ2n) is 3.27. The molecule has 0 bridgehead atoms. The minimum atomic E-state index is -2.49. The van der Waals surface area contributed by atoms with E-state index < -0.39 is 10.9 Å². The van der Waals surface area contributed by atoms with Crippen molar-refractivity contribution in [1.82, 2.24) is 9.71 Å². The second kappa shape index (κ2) is 4.46. The lowest BCUT2D eigenvalue weighted by Crippen LogP contribution is -2.14. The summed E-state index contributed by atoms with van der Waals surface area (Å²) < 4.78 is 23.0. The molecule has 15 heavy (non-hydrogen) atoms. The number of hydrogen-bond donors (Lipinski definition) is 3. The van der Waals surface area contributed by atoms with Gasteiger partial charge in [-0.25, -0.2) is 13.1 Å². The molecule has 0 fully saturated rings. The van der Waals surface area contributed by atoms with Crippen LogP contribution in [0.4, 0.5) is 0 Å². The van der Waals surface area contributed by atoms with Crippen molar-refractivity contribution in [1.29, 1.82) is 0 Å². The van der Waals surface area contributed by atoms with Crippen LogP contribution in [0.3, 0.4) is 0 Å². The molecule has 1 aromatic carbocycles. The molecule has 5 heteroatoms. The van der Waals surface area contributed by atoms with Gasteiger partial charge in [-0.05, 0) is 18.1 Å². The largest absolute Gasteiger partial charge is 0.361 e. The molecule has 0 radical (unpaired) electrons. The number of nitrogens with one attached hydrogen (secondary N) is 2. The summed E-state index contributed by atoms with van der Waals surface area (Å²) >= 11 is 0. The summed E-state index contributed by atoms with van der Waals surface area (Å²) in [6.07, 6.45) is 2.62. The van der Waals surface area contributed by atoms with E-state index in [0.717, 1.165) is 16.5 Å². The molecule has 0 aliphatic heterocycles. The van der Waals surface area contributed by atoms with E-state index in [0.29, 0.717) is 13.0 Å². The first kappa shape index (κ1) is 10.2. The Labute approximate surface area is 89.4 Å². The fourth-order valence-corrected chi connectivity index (χ4v) is 1.91. The Kier molecular flexibility index (Phi) is 3.03. The Bertz CT molecular complexity index is 523. The molecule has 2 aromatic rings. The lowest BCUT2D eigenvalue weighted by Gasteiger charge is -1.97. The maximum absolute atomic E-state index is 10.3. The Morgan fingerprint density at radius 1 is 1.27 bits per heavy atom. The molecule has 0 saturated carbocycles. The van der Waals surface area contributed by atoms with E-state index in [1.54, 1.807) is 0 Å². The average Bonchev–Trinajstić information content (AvgIpc) is 2.62. The van der Waals surface area contributed by atoms with Crippen molar-refractivity contribution in [3.8, 4) is 0 Å². The fraction of sp³-hybridized carbons (Fsp3) is 0.200. The minimum absolute atomic E-state index is 0.445. The van der Waals surface area contributed by atoms with E-state index >= 15 is 0 Å². The number of fused-ring (bicyclic) bond motifs is 1. The summed E-state index contributed by atoms with van der Waals surface area (Å²) in [4.78, 5) is 3.15. The SMILES string of the molecule is O=[SH](=O)NCCc1c[nH]c2ccccc12. The van der Waals surface area contributed by atoms with Gasteiger partial charge in [-0.3, -0.25) is 0 Å². The molecule has 0 aliphatic carbocycles. The predicted molar refractivity (Wildman–Crippen MR) is 60.3 cm³/mol. The van der Waals surface area contributed by atoms with Crippen molar-refractivity contribution in [3.63, 3.8) is 0 Å². The van der Waals surface area contributed by atoms with Gasteiger partial charge in [0.1, 0.15) is 0 Å². The van der Waals surface area contributed by atoms with Gasteiger partial charge in [0, 0.05) is 23.6 Å². The second-order valence-corrected chi connectivity index (χ2v) is 4.11. The Balaban J connectivity index is 2.14. The van der Waals surface area contributed by atoms with Crippen molar-refractivity contribution in [2.24, 2.45) is 0 Å². The van der Waals surface area contributed by atoms with Gasteiger partial charge in [0.2, 0.25) is 10.9 Å². The number of hydrogen-bond acceptors (Lipinski definition) is 2. The highest BCUT2D eigenvalue weighted by Gasteiger charge is 2.01. The minimum Gasteiger partial charge on any atom is -0.361 e. The van der Waals surface area contributed by atoms with Crippen LogP contribution in [0, 0.1) is 0 Å². The number of H-pyrrole nitrogens is 1. The molecular formula is C10H12N2O2S. The lowest BCUT2D eigenvalue weighted by atomic mass is 10.1. The molecule has 80 valence electrons. The summed E-state index contributed by atoms with van der Waals surface area (Å²) in [7, 11) is -2.49. The number of benzene rings is 1. The van der Waals surface area contributed by atoms with Crippen molar-refractivity contribution in [2.45, 2.75) is 6.42 Å². The number of aromatic nitrogens is 1. The number of rotatable bonds is 4. The molecule has 2 rings (SSSR count). The van der Waals surface area contributed by atoms with Crippen molar-refractivity contribution in [3.05, 3.63) is 36.0 Å². The molecule has 2 N–H and O–H groups in total. The zero-order valence-electron chi connectivity index (χ0n) is 8.06. The first-order valence-electron chi connectivity index (χ1n) is 4.70. The van der Waals surface area contributed by atoms with Gasteiger partial charge in [-0.15, -0.1) is 0 Å². The summed E-state index contributed by atoms with van der Waals surface area (Å²) in [5.74, 6) is 0. The number of para-hydroxylation sites is 1. The average molecular weight is 224 g/mol. The molecule has 0 amide bonds. The Hall–Kier alpha value is -1.33. The first-order chi connectivity index (χ1) is 7.27. The smallest absolute Gasteiger partial charge is 0.201 e. The maximum Gasteiger partial charge on any atom is 0.201 e. The zero-order valence-corrected chi connectivity index (χ0v) is 8.96. The summed E-state index contributed by atoms with van der Waals surface area (Å²) in [6, 6.07) is 7.97. The van der Waals surface area contributed by atoms with Crippen molar-refractivity contribution >= 4 is 21.8 Å². The normalized spacial score (nSPS) is 11.3. The summed E-state index contributed by atoms with van der Waals surface area (Å²) in [5, 5.41) is 1.15. The third-order valence-electron chi connectivity index (χ3n) is 2.31. The quantitative estimate of drug-likeness (QED) is 0.673. The summed E-state index contributed by atoms with van der Waals surface area (Å²) in [6.45, 7) is 0.445. The highest BCUT2D eigenvalue weighted by molar-refractivity contribution is 7.70. The van der Waals surface area contributed by atoms with E-state index in [9.17, 15) is 8.42 Å². The Morgan fingerprint density at radius 3 is 2.87 bits per heavy atom. The van der Waals surface area contributed by atoms with Crippen LogP contribution in [-0.4, -0.2) is 19.9 Å². The molecule has 0 unspecified atom stereocenters. The first-order valence-corrected chi connectivity index (χ1v) is 5.88. The standard InChI is InChI=1S/C10H12N2O2S/c13-15(14)12-6-5-8-7-11-10-4-2-1-3-9(8)10/h1-4,7,11,15H,5-6H2,(H,12,13,14). The van der Waals surface area contributed by atoms with Crippen LogP contribution in [0.15, 0.2) is 30.5 Å². The molecular weight excluding hydrogens is 212 g/mol. The molecule has 1 aromatic heterocycles. The third-order valence-corrected chi connectivity index (χ3v) is 2.79. The van der Waals surface area contributed by atoms with Gasteiger partial charge in [-0.1, -0.05) is 18.2 Å². The van der Waals surface area contributed by atoms with Crippen LogP contribution in [-0.2, 0) is 17.3 Å². The van der Waals surface area contributed by atoms with Crippen LogP contribution < -0.4 is 4.72 Å². The highest BCUT2D eigenvalue weighted by Crippen LogP contribution is 2.17. The number of thiol groups is 1. The van der Waals surface area contributed by atoms with Crippen LogP contribution in [0.5, 0.6) is 0 Å². The summed E-state index contributed by atoms with van der Waals surface area (Å²) in [5.41, 5.74) is 2.22. The highest BCUT2D eigenvalue weighted by atomic mass is 32.2. The van der Waals surface area contributed by atoms with Crippen molar-refractivity contribution < 1.29 is 8.42 Å². The van der Waals surface area contributed by atoms with E-state index in [1.165, 1.54) is 0 Å². The van der Waals surface area contributed by atoms with Gasteiger partial charge in [0.05, 0.1) is 0 Å². The molecule has 0 atom stereocenters. The Morgan fingerprint density at radius 2 is 2.07 bits per heavy atom. The van der Waals surface area contributed by atoms with Crippen LogP contribution in [0.1, 0.15) is 5.56 Å². The van der Waals surface area contributed by atoms with Crippen molar-refractivity contribution in [2.75, 3.05) is 6.54 Å². The van der Waals surface area contributed by atoms with Gasteiger partial charge >= 0.3 is 0 Å². The molecule has 4 nitrogen and oxygen atoms in total. The fourth-order valence-electron chi connectivity index (χ4n) is 1.62. The van der Waals surface area contributed by atoms with Gasteiger partial charge in [0.25, 0.3) is 0 Å². The van der Waals surface area contributed by atoms with Gasteiger partial charge in [0.15, 0.2) is 0 Å². The van der Waals surface area contributed by atoms with Gasteiger partial charge < -0.3 is 4.98 Å². The third kappa shape index (κ3) is 2.37. The monoisotopic (exact) mass is 224 g/mol. The predicted octanol–water partition coefficient (Wildman–Crippen LogP) is 0.826. The van der Waals surface area contributed by atoms with Crippen LogP contribution in [0.25, 0.3) is 10.9 Å². The molecule has 0 spiro atoms. The van der Waals surface area contributed by atoms with E-state index in [2.05, 4.69) is 9.71 Å². The van der Waals surface area contributed by atoms with E-state index in [1.807, 2.05) is 30.5 Å². The molecule has 1 heterocycles. The van der Waals surface area contributed by atoms with Gasteiger partial charge in [-0.2, -0.15) is 0 Å².